The Bertz CT molecular complexity index is 246. The minimum absolute atomic E-state index is 0.126. The molecule has 3 heteroatoms. The van der Waals surface area contributed by atoms with Crippen molar-refractivity contribution in [3.8, 4) is 0 Å². The van der Waals surface area contributed by atoms with Crippen LogP contribution in [0.25, 0.3) is 0 Å². The number of rotatable bonds is 18. The molecule has 0 fully saturated rings. The van der Waals surface area contributed by atoms with Crippen molar-refractivity contribution in [1.82, 2.24) is 0 Å². The maximum absolute atomic E-state index is 9.65. The zero-order chi connectivity index (χ0) is 18.0. The van der Waals surface area contributed by atoms with Crippen LogP contribution in [0.1, 0.15) is 110 Å². The maximum atomic E-state index is 9.65. The van der Waals surface area contributed by atoms with Crippen molar-refractivity contribution in [2.45, 2.75) is 122 Å². The summed E-state index contributed by atoms with van der Waals surface area (Å²) in [5, 5.41) is 18.5. The van der Waals surface area contributed by atoms with Gasteiger partial charge in [0.2, 0.25) is 0 Å². The summed E-state index contributed by atoms with van der Waals surface area (Å²) in [5.74, 6) is 0.869. The highest BCUT2D eigenvalue weighted by Gasteiger charge is 2.12. The Morgan fingerprint density at radius 3 is 1.29 bits per heavy atom. The molecule has 2 atom stereocenters. The molecule has 146 valence electrons. The molecule has 0 saturated carbocycles. The Kier molecular flexibility index (Phi) is 17.6. The third-order valence-corrected chi connectivity index (χ3v) is 4.99. The van der Waals surface area contributed by atoms with Crippen LogP contribution in [0, 0.1) is 5.92 Å². The lowest BCUT2D eigenvalue weighted by Gasteiger charge is -2.15. The second-order valence-corrected chi connectivity index (χ2v) is 7.98. The fraction of sp³-hybridized carbons (Fsp3) is 1.00. The van der Waals surface area contributed by atoms with Crippen LogP contribution in [0.3, 0.4) is 0 Å². The molecule has 0 bridgehead atoms. The highest BCUT2D eigenvalue weighted by atomic mass is 16.3. The summed E-state index contributed by atoms with van der Waals surface area (Å²) in [6.07, 6.45) is 19.0. The van der Waals surface area contributed by atoms with Gasteiger partial charge in [0.25, 0.3) is 0 Å². The molecule has 0 aromatic heterocycles. The smallest absolute Gasteiger partial charge is 0.0713 e. The molecule has 0 amide bonds. The van der Waals surface area contributed by atoms with Gasteiger partial charge in [-0.25, -0.2) is 0 Å². The fourth-order valence-electron chi connectivity index (χ4n) is 3.19. The van der Waals surface area contributed by atoms with E-state index in [1.807, 2.05) is 0 Å². The molecule has 24 heavy (non-hydrogen) atoms. The number of unbranched alkanes of at least 4 members (excludes halogenated alkanes) is 12. The third kappa shape index (κ3) is 16.7. The van der Waals surface area contributed by atoms with E-state index >= 15 is 0 Å². The first-order chi connectivity index (χ1) is 11.6. The second-order valence-electron chi connectivity index (χ2n) is 7.98. The van der Waals surface area contributed by atoms with Crippen LogP contribution in [-0.2, 0) is 0 Å². The SMILES string of the molecule is CC(C)CCCCCCCCCCCCCCC[C@@H](O)[C@@H](N)CO. The first kappa shape index (κ1) is 23.9. The summed E-state index contributed by atoms with van der Waals surface area (Å²) >= 11 is 0. The van der Waals surface area contributed by atoms with Gasteiger partial charge in [-0.15, -0.1) is 0 Å². The van der Waals surface area contributed by atoms with Gasteiger partial charge in [0, 0.05) is 0 Å². The van der Waals surface area contributed by atoms with Crippen molar-refractivity contribution < 1.29 is 10.2 Å². The van der Waals surface area contributed by atoms with Gasteiger partial charge < -0.3 is 15.9 Å². The van der Waals surface area contributed by atoms with Crippen LogP contribution >= 0.6 is 0 Å². The molecule has 0 saturated heterocycles. The van der Waals surface area contributed by atoms with Crippen LogP contribution in [0.15, 0.2) is 0 Å². The van der Waals surface area contributed by atoms with Gasteiger partial charge in [0.05, 0.1) is 18.8 Å². The van der Waals surface area contributed by atoms with E-state index in [0.29, 0.717) is 0 Å². The third-order valence-electron chi connectivity index (χ3n) is 4.99. The van der Waals surface area contributed by atoms with Gasteiger partial charge in [-0.3, -0.25) is 0 Å². The molecule has 3 nitrogen and oxygen atoms in total. The largest absolute Gasteiger partial charge is 0.395 e. The number of nitrogens with two attached hydrogens (primary N) is 1. The zero-order valence-corrected chi connectivity index (χ0v) is 16.5. The van der Waals surface area contributed by atoms with E-state index in [0.717, 1.165) is 18.8 Å². The normalized spacial score (nSPS) is 14.2. The predicted molar refractivity (Wildman–Crippen MR) is 105 cm³/mol. The van der Waals surface area contributed by atoms with Gasteiger partial charge >= 0.3 is 0 Å². The van der Waals surface area contributed by atoms with Crippen molar-refractivity contribution in [1.29, 1.82) is 0 Å². The Hall–Kier alpha value is -0.120. The van der Waals surface area contributed by atoms with E-state index in [1.165, 1.54) is 83.5 Å². The molecule has 0 heterocycles. The van der Waals surface area contributed by atoms with E-state index < -0.39 is 12.1 Å². The van der Waals surface area contributed by atoms with Gasteiger partial charge in [0.15, 0.2) is 0 Å². The number of hydrogen-bond acceptors (Lipinski definition) is 3. The first-order valence-electron chi connectivity index (χ1n) is 10.6. The summed E-state index contributed by atoms with van der Waals surface area (Å²) in [7, 11) is 0. The molecular formula is C21H45NO2. The lowest BCUT2D eigenvalue weighted by Crippen LogP contribution is -2.37. The number of aliphatic hydroxyl groups is 2. The minimum Gasteiger partial charge on any atom is -0.395 e. The molecule has 0 spiro atoms. The molecule has 0 unspecified atom stereocenters. The molecule has 0 aliphatic rings. The van der Waals surface area contributed by atoms with Crippen LogP contribution in [0.4, 0.5) is 0 Å². The summed E-state index contributed by atoms with van der Waals surface area (Å²) in [4.78, 5) is 0. The Morgan fingerprint density at radius 2 is 0.958 bits per heavy atom. The van der Waals surface area contributed by atoms with Crippen LogP contribution in [-0.4, -0.2) is 29.0 Å². The molecule has 0 aromatic carbocycles. The average molecular weight is 344 g/mol. The fourth-order valence-corrected chi connectivity index (χ4v) is 3.19. The van der Waals surface area contributed by atoms with E-state index in [4.69, 9.17) is 10.8 Å². The van der Waals surface area contributed by atoms with Crippen LogP contribution < -0.4 is 5.73 Å². The summed E-state index contributed by atoms with van der Waals surface area (Å²) < 4.78 is 0. The number of aliphatic hydroxyl groups excluding tert-OH is 2. The monoisotopic (exact) mass is 343 g/mol. The molecule has 0 aliphatic heterocycles. The minimum atomic E-state index is -0.541. The first-order valence-corrected chi connectivity index (χ1v) is 10.6. The molecule has 0 radical (unpaired) electrons. The summed E-state index contributed by atoms with van der Waals surface area (Å²) in [5.41, 5.74) is 5.58. The van der Waals surface area contributed by atoms with Crippen molar-refractivity contribution in [2.75, 3.05) is 6.61 Å². The summed E-state index contributed by atoms with van der Waals surface area (Å²) in [6.45, 7) is 4.51. The quantitative estimate of drug-likeness (QED) is 0.301. The highest BCUT2D eigenvalue weighted by Crippen LogP contribution is 2.15. The average Bonchev–Trinajstić information content (AvgIpc) is 2.57. The van der Waals surface area contributed by atoms with Gasteiger partial charge in [0.1, 0.15) is 0 Å². The van der Waals surface area contributed by atoms with Crippen LogP contribution in [0.2, 0.25) is 0 Å². The van der Waals surface area contributed by atoms with Crippen molar-refractivity contribution in [3.63, 3.8) is 0 Å². The topological polar surface area (TPSA) is 66.5 Å². The predicted octanol–water partition coefficient (Wildman–Crippen LogP) is 5.17. The molecule has 4 N–H and O–H groups in total. The maximum Gasteiger partial charge on any atom is 0.0713 e. The van der Waals surface area contributed by atoms with E-state index in [2.05, 4.69) is 13.8 Å². The van der Waals surface area contributed by atoms with Gasteiger partial charge in [-0.05, 0) is 12.3 Å². The standard InChI is InChI=1S/C21H45NO2/c1-19(2)16-14-12-10-8-6-4-3-5-7-9-11-13-15-17-21(24)20(22)18-23/h19-21,23-24H,3-18,22H2,1-2H3/t20-,21+/m0/s1. The Balaban J connectivity index is 3.10. The number of hydrogen-bond donors (Lipinski definition) is 3. The highest BCUT2D eigenvalue weighted by molar-refractivity contribution is 4.70. The van der Waals surface area contributed by atoms with Crippen molar-refractivity contribution in [3.05, 3.63) is 0 Å². The van der Waals surface area contributed by atoms with Gasteiger partial charge in [-0.1, -0.05) is 104 Å². The second kappa shape index (κ2) is 17.7. The Labute approximate surface area is 151 Å². The van der Waals surface area contributed by atoms with E-state index in [9.17, 15) is 5.11 Å². The zero-order valence-electron chi connectivity index (χ0n) is 16.5. The lowest BCUT2D eigenvalue weighted by atomic mass is 10.0. The Morgan fingerprint density at radius 1 is 0.625 bits per heavy atom. The lowest BCUT2D eigenvalue weighted by molar-refractivity contribution is 0.0990. The van der Waals surface area contributed by atoms with Crippen molar-refractivity contribution >= 4 is 0 Å². The van der Waals surface area contributed by atoms with E-state index in [1.54, 1.807) is 0 Å². The molecule has 0 aromatic rings. The van der Waals surface area contributed by atoms with Crippen molar-refractivity contribution in [2.24, 2.45) is 11.7 Å². The molecule has 0 rings (SSSR count). The van der Waals surface area contributed by atoms with Gasteiger partial charge in [-0.2, -0.15) is 0 Å². The van der Waals surface area contributed by atoms with Crippen LogP contribution in [0.5, 0.6) is 0 Å². The summed E-state index contributed by atoms with van der Waals surface area (Å²) in [6, 6.07) is -0.472. The van der Waals surface area contributed by atoms with E-state index in [-0.39, 0.29) is 6.61 Å². The molecule has 0 aliphatic carbocycles. The molecular weight excluding hydrogens is 298 g/mol.